The third kappa shape index (κ3) is 3.90. The summed E-state index contributed by atoms with van der Waals surface area (Å²) >= 11 is 6.46. The third-order valence-corrected chi connectivity index (χ3v) is 4.30. The summed E-state index contributed by atoms with van der Waals surface area (Å²) in [7, 11) is 3.20. The molecule has 27 heavy (non-hydrogen) atoms. The fourth-order valence-electron chi connectivity index (χ4n) is 2.79. The van der Waals surface area contributed by atoms with E-state index in [9.17, 15) is 0 Å². The van der Waals surface area contributed by atoms with Crippen LogP contribution in [0.5, 0.6) is 23.0 Å². The van der Waals surface area contributed by atoms with Crippen molar-refractivity contribution in [2.24, 2.45) is 0 Å². The molecule has 0 atom stereocenters. The molecular weight excluding hydrogens is 368 g/mol. The number of aromatic nitrogens is 2. The first-order valence-electron chi connectivity index (χ1n) is 8.82. The number of methoxy groups -OCH3 is 2. The molecule has 0 bridgehead atoms. The van der Waals surface area contributed by atoms with Crippen molar-refractivity contribution in [2.45, 2.75) is 20.3 Å². The Morgan fingerprint density at radius 3 is 2.37 bits per heavy atom. The molecule has 7 heteroatoms. The van der Waals surface area contributed by atoms with Gasteiger partial charge in [-0.1, -0.05) is 18.5 Å². The number of nitrogens with zero attached hydrogens (tertiary/aromatic N) is 1. The fourth-order valence-corrected chi connectivity index (χ4v) is 3.05. The predicted octanol–water partition coefficient (Wildman–Crippen LogP) is 5.09. The first-order valence-corrected chi connectivity index (χ1v) is 9.20. The zero-order valence-corrected chi connectivity index (χ0v) is 16.6. The quantitative estimate of drug-likeness (QED) is 0.580. The molecule has 0 aliphatic heterocycles. The Morgan fingerprint density at radius 1 is 0.963 bits per heavy atom. The molecule has 0 fully saturated rings. The Morgan fingerprint density at radius 2 is 1.70 bits per heavy atom. The van der Waals surface area contributed by atoms with Gasteiger partial charge in [-0.05, 0) is 25.5 Å². The molecule has 1 aromatic heterocycles. The van der Waals surface area contributed by atoms with Crippen LogP contribution in [0.4, 0.5) is 0 Å². The minimum absolute atomic E-state index is 0.486. The number of halogens is 1. The number of aromatic amines is 1. The maximum absolute atomic E-state index is 6.46. The number of ether oxygens (including phenoxy) is 4. The highest BCUT2D eigenvalue weighted by Crippen LogP contribution is 2.40. The second-order valence-corrected chi connectivity index (χ2v) is 6.28. The van der Waals surface area contributed by atoms with Crippen molar-refractivity contribution in [3.05, 3.63) is 29.3 Å². The lowest BCUT2D eigenvalue weighted by Gasteiger charge is -2.14. The van der Waals surface area contributed by atoms with Gasteiger partial charge in [-0.15, -0.1) is 0 Å². The van der Waals surface area contributed by atoms with E-state index in [4.69, 9.17) is 30.5 Å². The van der Waals surface area contributed by atoms with Crippen molar-refractivity contribution >= 4 is 22.6 Å². The van der Waals surface area contributed by atoms with Crippen LogP contribution in [0, 0.1) is 0 Å². The number of hydrogen-bond donors (Lipinski definition) is 1. The van der Waals surface area contributed by atoms with Gasteiger partial charge in [0.05, 0.1) is 43.5 Å². The van der Waals surface area contributed by atoms with Gasteiger partial charge in [0.2, 0.25) is 0 Å². The van der Waals surface area contributed by atoms with Crippen LogP contribution in [0.2, 0.25) is 5.02 Å². The highest BCUT2D eigenvalue weighted by atomic mass is 35.5. The zero-order chi connectivity index (χ0) is 19.4. The number of hydrogen-bond acceptors (Lipinski definition) is 5. The van der Waals surface area contributed by atoms with E-state index in [0.717, 1.165) is 23.0 Å². The first-order chi connectivity index (χ1) is 13.1. The second-order valence-electron chi connectivity index (χ2n) is 5.88. The van der Waals surface area contributed by atoms with E-state index in [0.29, 0.717) is 47.1 Å². The van der Waals surface area contributed by atoms with Gasteiger partial charge < -0.3 is 23.9 Å². The van der Waals surface area contributed by atoms with Gasteiger partial charge in [-0.25, -0.2) is 4.98 Å². The van der Waals surface area contributed by atoms with Gasteiger partial charge in [0.15, 0.2) is 23.0 Å². The summed E-state index contributed by atoms with van der Waals surface area (Å²) in [5.41, 5.74) is 2.41. The Hall–Kier alpha value is -2.60. The van der Waals surface area contributed by atoms with E-state index in [-0.39, 0.29) is 0 Å². The molecule has 0 saturated heterocycles. The van der Waals surface area contributed by atoms with Crippen LogP contribution in [-0.2, 0) is 0 Å². The van der Waals surface area contributed by atoms with Crippen LogP contribution in [0.25, 0.3) is 22.4 Å². The highest BCUT2D eigenvalue weighted by Gasteiger charge is 2.16. The second kappa shape index (κ2) is 8.39. The SMILES string of the molecule is CCCOc1c(Cl)cc(-c2nc3cc(OC)c(OC)cc3[nH]2)cc1OCC. The minimum atomic E-state index is 0.486. The van der Waals surface area contributed by atoms with Crippen LogP contribution in [0.3, 0.4) is 0 Å². The molecule has 6 nitrogen and oxygen atoms in total. The van der Waals surface area contributed by atoms with Crippen molar-refractivity contribution in [2.75, 3.05) is 27.4 Å². The molecule has 0 spiro atoms. The van der Waals surface area contributed by atoms with Crippen LogP contribution in [0.15, 0.2) is 24.3 Å². The molecule has 144 valence electrons. The molecule has 1 heterocycles. The number of imidazole rings is 1. The molecule has 0 saturated carbocycles. The van der Waals surface area contributed by atoms with Gasteiger partial charge in [-0.3, -0.25) is 0 Å². The smallest absolute Gasteiger partial charge is 0.179 e. The van der Waals surface area contributed by atoms with E-state index in [1.54, 1.807) is 14.2 Å². The number of H-pyrrole nitrogens is 1. The lowest BCUT2D eigenvalue weighted by Crippen LogP contribution is -2.01. The van der Waals surface area contributed by atoms with Gasteiger partial charge in [0.1, 0.15) is 5.82 Å². The standard InChI is InChI=1S/C20H23ClN2O4/c1-5-7-27-19-13(21)8-12(9-18(19)26-6-2)20-22-14-10-16(24-3)17(25-4)11-15(14)23-20/h8-11H,5-7H2,1-4H3,(H,22,23). The Balaban J connectivity index is 2.07. The summed E-state index contributed by atoms with van der Waals surface area (Å²) in [6.45, 7) is 5.05. The average Bonchev–Trinajstić information content (AvgIpc) is 3.09. The van der Waals surface area contributed by atoms with Crippen LogP contribution < -0.4 is 18.9 Å². The molecule has 3 rings (SSSR count). The monoisotopic (exact) mass is 390 g/mol. The van der Waals surface area contributed by atoms with E-state index in [1.807, 2.05) is 38.1 Å². The Bertz CT molecular complexity index is 898. The number of fused-ring (bicyclic) bond motifs is 1. The van der Waals surface area contributed by atoms with Gasteiger partial charge >= 0.3 is 0 Å². The molecule has 0 aliphatic carbocycles. The van der Waals surface area contributed by atoms with Crippen molar-refractivity contribution in [3.8, 4) is 34.4 Å². The molecular formula is C20H23ClN2O4. The van der Waals surface area contributed by atoms with E-state index in [2.05, 4.69) is 9.97 Å². The molecule has 2 aromatic carbocycles. The molecule has 0 unspecified atom stereocenters. The Labute approximate surface area is 163 Å². The summed E-state index contributed by atoms with van der Waals surface area (Å²) < 4.78 is 22.2. The van der Waals surface area contributed by atoms with Crippen LogP contribution in [0.1, 0.15) is 20.3 Å². The highest BCUT2D eigenvalue weighted by molar-refractivity contribution is 6.32. The largest absolute Gasteiger partial charge is 0.493 e. The Kier molecular flexibility index (Phi) is 5.96. The van der Waals surface area contributed by atoms with Crippen molar-refractivity contribution in [1.82, 2.24) is 9.97 Å². The molecule has 3 aromatic rings. The lowest BCUT2D eigenvalue weighted by molar-refractivity contribution is 0.277. The van der Waals surface area contributed by atoms with Crippen molar-refractivity contribution in [1.29, 1.82) is 0 Å². The van der Waals surface area contributed by atoms with E-state index in [1.165, 1.54) is 0 Å². The fraction of sp³-hybridized carbons (Fsp3) is 0.350. The summed E-state index contributed by atoms with van der Waals surface area (Å²) in [6, 6.07) is 7.39. The topological polar surface area (TPSA) is 65.6 Å². The normalized spacial score (nSPS) is 10.9. The van der Waals surface area contributed by atoms with Gasteiger partial charge in [-0.2, -0.15) is 0 Å². The van der Waals surface area contributed by atoms with Gasteiger partial charge in [0, 0.05) is 17.7 Å². The third-order valence-electron chi connectivity index (χ3n) is 4.02. The lowest BCUT2D eigenvalue weighted by atomic mass is 10.2. The maximum atomic E-state index is 6.46. The molecule has 1 N–H and O–H groups in total. The summed E-state index contributed by atoms with van der Waals surface area (Å²) in [6.07, 6.45) is 0.886. The first kappa shape index (κ1) is 19.2. The molecule has 0 aliphatic rings. The van der Waals surface area contributed by atoms with Gasteiger partial charge in [0.25, 0.3) is 0 Å². The number of rotatable bonds is 8. The van der Waals surface area contributed by atoms with Crippen molar-refractivity contribution in [3.63, 3.8) is 0 Å². The number of benzene rings is 2. The maximum Gasteiger partial charge on any atom is 0.179 e. The summed E-state index contributed by atoms with van der Waals surface area (Å²) in [5, 5.41) is 0.486. The van der Waals surface area contributed by atoms with E-state index < -0.39 is 0 Å². The summed E-state index contributed by atoms with van der Waals surface area (Å²) in [5.74, 6) is 3.09. The predicted molar refractivity (Wildman–Crippen MR) is 107 cm³/mol. The van der Waals surface area contributed by atoms with Crippen molar-refractivity contribution < 1.29 is 18.9 Å². The molecule has 0 amide bonds. The van der Waals surface area contributed by atoms with E-state index >= 15 is 0 Å². The summed E-state index contributed by atoms with van der Waals surface area (Å²) in [4.78, 5) is 7.95. The number of nitrogens with one attached hydrogen (secondary N) is 1. The van der Waals surface area contributed by atoms with Crippen LogP contribution in [-0.4, -0.2) is 37.4 Å². The molecule has 0 radical (unpaired) electrons. The minimum Gasteiger partial charge on any atom is -0.493 e. The zero-order valence-electron chi connectivity index (χ0n) is 15.9. The van der Waals surface area contributed by atoms with Crippen LogP contribution >= 0.6 is 11.6 Å². The average molecular weight is 391 g/mol.